The highest BCUT2D eigenvalue weighted by Crippen LogP contribution is 2.20. The van der Waals surface area contributed by atoms with Crippen LogP contribution in [0.3, 0.4) is 0 Å². The molecule has 2 heteroatoms. The van der Waals surface area contributed by atoms with Gasteiger partial charge in [-0.15, -0.1) is 0 Å². The van der Waals surface area contributed by atoms with Gasteiger partial charge in [0.2, 0.25) is 0 Å². The predicted molar refractivity (Wildman–Crippen MR) is 94.9 cm³/mol. The van der Waals surface area contributed by atoms with Gasteiger partial charge in [0, 0.05) is 25.7 Å². The van der Waals surface area contributed by atoms with Crippen molar-refractivity contribution in [1.82, 2.24) is 10.2 Å². The second kappa shape index (κ2) is 7.94. The third-order valence-corrected chi connectivity index (χ3v) is 5.25. The van der Waals surface area contributed by atoms with E-state index in [4.69, 9.17) is 0 Å². The van der Waals surface area contributed by atoms with E-state index in [0.29, 0.717) is 0 Å². The Bertz CT molecular complexity index is 473. The summed E-state index contributed by atoms with van der Waals surface area (Å²) in [5.74, 6) is 0. The maximum absolute atomic E-state index is 3.69. The number of nitrogens with zero attached hydrogens (tertiary/aromatic N) is 1. The molecule has 1 heterocycles. The van der Waals surface area contributed by atoms with E-state index in [-0.39, 0.29) is 0 Å². The molecule has 1 aromatic rings. The monoisotopic (exact) mass is 298 g/mol. The van der Waals surface area contributed by atoms with Gasteiger partial charge in [-0.2, -0.15) is 0 Å². The lowest BCUT2D eigenvalue weighted by molar-refractivity contribution is 0.270. The van der Waals surface area contributed by atoms with E-state index in [2.05, 4.69) is 47.5 Å². The van der Waals surface area contributed by atoms with E-state index in [1.807, 2.05) is 0 Å². The lowest BCUT2D eigenvalue weighted by Gasteiger charge is -2.26. The summed E-state index contributed by atoms with van der Waals surface area (Å²) < 4.78 is 0. The van der Waals surface area contributed by atoms with Crippen molar-refractivity contribution < 1.29 is 0 Å². The van der Waals surface area contributed by atoms with Crippen LogP contribution in [-0.4, -0.2) is 30.6 Å². The van der Waals surface area contributed by atoms with Crippen LogP contribution in [0.4, 0.5) is 0 Å². The summed E-state index contributed by atoms with van der Waals surface area (Å²) in [5, 5.41) is 3.69. The highest BCUT2D eigenvalue weighted by Gasteiger charge is 2.14. The summed E-state index contributed by atoms with van der Waals surface area (Å²) in [6, 6.07) is 9.89. The van der Waals surface area contributed by atoms with Crippen LogP contribution in [0.1, 0.15) is 56.6 Å². The Kier molecular flexibility index (Phi) is 5.69. The lowest BCUT2D eigenvalue weighted by Crippen LogP contribution is -2.30. The van der Waals surface area contributed by atoms with Crippen LogP contribution in [0.25, 0.3) is 6.08 Å². The zero-order chi connectivity index (χ0) is 15.2. The molecule has 2 nitrogen and oxygen atoms in total. The molecule has 22 heavy (non-hydrogen) atoms. The van der Waals surface area contributed by atoms with E-state index < -0.39 is 0 Å². The van der Waals surface area contributed by atoms with Crippen LogP contribution in [0.5, 0.6) is 0 Å². The number of benzene rings is 1. The summed E-state index contributed by atoms with van der Waals surface area (Å²) in [5.41, 5.74) is 4.39. The van der Waals surface area contributed by atoms with E-state index in [9.17, 15) is 0 Å². The predicted octanol–water partition coefficient (Wildman–Crippen LogP) is 4.22. The first-order valence-electron chi connectivity index (χ1n) is 9.07. The first-order valence-corrected chi connectivity index (χ1v) is 9.07. The van der Waals surface area contributed by atoms with Crippen LogP contribution in [0.2, 0.25) is 0 Å². The minimum Gasteiger partial charge on any atom is -0.310 e. The average Bonchev–Trinajstić information content (AvgIpc) is 3.08. The second-order valence-corrected chi connectivity index (χ2v) is 6.84. The van der Waals surface area contributed by atoms with Crippen molar-refractivity contribution in [2.45, 2.75) is 58.0 Å². The molecule has 1 saturated carbocycles. The summed E-state index contributed by atoms with van der Waals surface area (Å²) in [7, 11) is 0. The van der Waals surface area contributed by atoms with E-state index in [1.165, 1.54) is 69.3 Å². The zero-order valence-electron chi connectivity index (χ0n) is 14.0. The van der Waals surface area contributed by atoms with E-state index >= 15 is 0 Å². The van der Waals surface area contributed by atoms with Crippen molar-refractivity contribution >= 4 is 6.08 Å². The number of nitrogens with one attached hydrogen (secondary N) is 1. The molecule has 0 radical (unpaired) electrons. The number of rotatable bonds is 5. The van der Waals surface area contributed by atoms with Crippen molar-refractivity contribution in [3.8, 4) is 0 Å². The second-order valence-electron chi connectivity index (χ2n) is 6.84. The van der Waals surface area contributed by atoms with Crippen LogP contribution < -0.4 is 5.32 Å². The summed E-state index contributed by atoms with van der Waals surface area (Å²) in [6.07, 6.45) is 10.4. The Morgan fingerprint density at radius 1 is 1.09 bits per heavy atom. The SMILES string of the molecule is CCN1CCC(=Cc2ccc(CNC3CCCC3)cc2)CC1. The molecule has 1 N–H and O–H groups in total. The fraction of sp³-hybridized carbons (Fsp3) is 0.600. The van der Waals surface area contributed by atoms with Gasteiger partial charge in [-0.1, -0.05) is 55.7 Å². The van der Waals surface area contributed by atoms with Crippen molar-refractivity contribution in [3.63, 3.8) is 0 Å². The standard InChI is InChI=1S/C20H30N2/c1-2-22-13-11-18(12-14-22)15-17-7-9-19(10-8-17)16-21-20-5-3-4-6-20/h7-10,15,20-21H,2-6,11-14,16H2,1H3. The molecule has 2 aliphatic rings. The number of hydrogen-bond acceptors (Lipinski definition) is 2. The molecule has 0 unspecified atom stereocenters. The Labute approximate surface area is 135 Å². The number of piperidine rings is 1. The molecule has 1 aliphatic carbocycles. The van der Waals surface area contributed by atoms with Crippen molar-refractivity contribution in [3.05, 3.63) is 41.0 Å². The fourth-order valence-electron chi connectivity index (χ4n) is 3.66. The van der Waals surface area contributed by atoms with Crippen LogP contribution in [0, 0.1) is 0 Å². The summed E-state index contributed by atoms with van der Waals surface area (Å²) >= 11 is 0. The van der Waals surface area contributed by atoms with Crippen LogP contribution in [0.15, 0.2) is 29.8 Å². The molecule has 1 aromatic carbocycles. The van der Waals surface area contributed by atoms with Crippen molar-refractivity contribution in [2.75, 3.05) is 19.6 Å². The molecule has 2 fully saturated rings. The Balaban J connectivity index is 1.50. The van der Waals surface area contributed by atoms with Gasteiger partial charge in [-0.05, 0) is 43.4 Å². The summed E-state index contributed by atoms with van der Waals surface area (Å²) in [6.45, 7) is 6.92. The maximum atomic E-state index is 3.69. The molecule has 1 aliphatic heterocycles. The zero-order valence-corrected chi connectivity index (χ0v) is 14.0. The van der Waals surface area contributed by atoms with Gasteiger partial charge in [0.15, 0.2) is 0 Å². The number of likely N-dealkylation sites (tertiary alicyclic amines) is 1. The van der Waals surface area contributed by atoms with Gasteiger partial charge in [0.1, 0.15) is 0 Å². The van der Waals surface area contributed by atoms with Crippen LogP contribution >= 0.6 is 0 Å². The molecule has 3 rings (SSSR count). The largest absolute Gasteiger partial charge is 0.310 e. The first kappa shape index (κ1) is 15.8. The van der Waals surface area contributed by atoms with Crippen molar-refractivity contribution in [1.29, 1.82) is 0 Å². The van der Waals surface area contributed by atoms with Gasteiger partial charge in [0.05, 0.1) is 0 Å². The van der Waals surface area contributed by atoms with Gasteiger partial charge < -0.3 is 10.2 Å². The molecule has 0 bridgehead atoms. The molecule has 0 aromatic heterocycles. The molecule has 0 spiro atoms. The third-order valence-electron chi connectivity index (χ3n) is 5.25. The number of hydrogen-bond donors (Lipinski definition) is 1. The van der Waals surface area contributed by atoms with E-state index in [0.717, 1.165) is 12.6 Å². The van der Waals surface area contributed by atoms with Crippen LogP contribution in [-0.2, 0) is 6.54 Å². The quantitative estimate of drug-likeness (QED) is 0.875. The molecular formula is C20H30N2. The average molecular weight is 298 g/mol. The molecular weight excluding hydrogens is 268 g/mol. The first-order chi connectivity index (χ1) is 10.8. The Hall–Kier alpha value is -1.12. The van der Waals surface area contributed by atoms with Gasteiger partial charge in [0.25, 0.3) is 0 Å². The molecule has 0 atom stereocenters. The lowest BCUT2D eigenvalue weighted by atomic mass is 10.0. The topological polar surface area (TPSA) is 15.3 Å². The fourth-order valence-corrected chi connectivity index (χ4v) is 3.66. The van der Waals surface area contributed by atoms with Gasteiger partial charge >= 0.3 is 0 Å². The molecule has 0 amide bonds. The van der Waals surface area contributed by atoms with Crippen molar-refractivity contribution in [2.24, 2.45) is 0 Å². The Morgan fingerprint density at radius 3 is 2.41 bits per heavy atom. The highest BCUT2D eigenvalue weighted by molar-refractivity contribution is 5.53. The van der Waals surface area contributed by atoms with E-state index in [1.54, 1.807) is 5.57 Å². The normalized spacial score (nSPS) is 20.5. The van der Waals surface area contributed by atoms with Gasteiger partial charge in [-0.3, -0.25) is 0 Å². The molecule has 1 saturated heterocycles. The molecule has 120 valence electrons. The third kappa shape index (κ3) is 4.44. The smallest absolute Gasteiger partial charge is 0.0208 e. The minimum absolute atomic E-state index is 0.755. The van der Waals surface area contributed by atoms with Gasteiger partial charge in [-0.25, -0.2) is 0 Å². The maximum Gasteiger partial charge on any atom is 0.0208 e. The minimum atomic E-state index is 0.755. The highest BCUT2D eigenvalue weighted by atomic mass is 15.1. The Morgan fingerprint density at radius 2 is 1.77 bits per heavy atom. The summed E-state index contributed by atoms with van der Waals surface area (Å²) in [4.78, 5) is 2.54.